The molecule has 4 amide bonds. The molecule has 9 nitrogen and oxygen atoms in total. The molecular weight excluding hydrogens is 464 g/mol. The third kappa shape index (κ3) is 5.93. The van der Waals surface area contributed by atoms with Crippen LogP contribution in [0.15, 0.2) is 70.9 Å². The van der Waals surface area contributed by atoms with Crippen molar-refractivity contribution < 1.29 is 33.0 Å². The van der Waals surface area contributed by atoms with Crippen molar-refractivity contribution >= 4 is 23.9 Å². The molecule has 186 valence electrons. The topological polar surface area (TPSA) is 107 Å². The molecule has 4 rings (SSSR count). The number of rotatable bonds is 10. The van der Waals surface area contributed by atoms with E-state index >= 15 is 0 Å². The Morgan fingerprint density at radius 1 is 0.972 bits per heavy atom. The summed E-state index contributed by atoms with van der Waals surface area (Å²) in [4.78, 5) is 38.4. The van der Waals surface area contributed by atoms with Crippen LogP contribution < -0.4 is 19.5 Å². The molecule has 1 saturated heterocycles. The minimum atomic E-state index is -0.800. The number of furan rings is 1. The van der Waals surface area contributed by atoms with Gasteiger partial charge in [-0.3, -0.25) is 19.8 Å². The fourth-order valence-electron chi connectivity index (χ4n) is 3.59. The predicted octanol–water partition coefficient (Wildman–Crippen LogP) is 4.11. The number of nitrogens with zero attached hydrogens (tertiary/aromatic N) is 1. The number of amides is 4. The molecular formula is C27H26N2O7. The summed E-state index contributed by atoms with van der Waals surface area (Å²) in [6.45, 7) is 2.83. The van der Waals surface area contributed by atoms with E-state index in [0.29, 0.717) is 42.5 Å². The van der Waals surface area contributed by atoms with Crippen LogP contribution in [-0.2, 0) is 16.1 Å². The highest BCUT2D eigenvalue weighted by Gasteiger charge is 2.36. The molecule has 1 fully saturated rings. The second kappa shape index (κ2) is 11.3. The SMILES string of the molecule is COc1cc(C=C2C(=O)NC(=O)N(Cc3ccco3)C2=O)ccc1OCCCOc1cccc(C)c1. The Bertz CT molecular complexity index is 1280. The van der Waals surface area contributed by atoms with Gasteiger partial charge < -0.3 is 18.6 Å². The van der Waals surface area contributed by atoms with E-state index < -0.39 is 17.8 Å². The van der Waals surface area contributed by atoms with Gasteiger partial charge >= 0.3 is 6.03 Å². The number of methoxy groups -OCH3 is 1. The molecule has 1 aromatic heterocycles. The van der Waals surface area contributed by atoms with E-state index in [9.17, 15) is 14.4 Å². The second-order valence-electron chi connectivity index (χ2n) is 8.07. The Morgan fingerprint density at radius 2 is 1.81 bits per heavy atom. The highest BCUT2D eigenvalue weighted by Crippen LogP contribution is 2.29. The molecule has 3 aromatic rings. The van der Waals surface area contributed by atoms with E-state index in [4.69, 9.17) is 18.6 Å². The van der Waals surface area contributed by atoms with Gasteiger partial charge in [-0.25, -0.2) is 4.79 Å². The number of nitrogens with one attached hydrogen (secondary N) is 1. The van der Waals surface area contributed by atoms with Crippen molar-refractivity contribution in [1.29, 1.82) is 0 Å². The number of benzene rings is 2. The molecule has 0 atom stereocenters. The van der Waals surface area contributed by atoms with Crippen molar-refractivity contribution in [2.75, 3.05) is 20.3 Å². The first-order valence-electron chi connectivity index (χ1n) is 11.4. The molecule has 2 heterocycles. The van der Waals surface area contributed by atoms with Crippen LogP contribution in [0.5, 0.6) is 17.2 Å². The number of carbonyl (C=O) groups excluding carboxylic acids is 3. The van der Waals surface area contributed by atoms with Crippen LogP contribution in [0.4, 0.5) is 4.79 Å². The molecule has 36 heavy (non-hydrogen) atoms. The summed E-state index contributed by atoms with van der Waals surface area (Å²) < 4.78 is 22.2. The Hall–Kier alpha value is -4.53. The fourth-order valence-corrected chi connectivity index (χ4v) is 3.59. The Kier molecular flexibility index (Phi) is 7.69. The highest BCUT2D eigenvalue weighted by molar-refractivity contribution is 6.30. The summed E-state index contributed by atoms with van der Waals surface area (Å²) >= 11 is 0. The van der Waals surface area contributed by atoms with Gasteiger partial charge in [-0.05, 0) is 60.5 Å². The molecule has 0 aliphatic carbocycles. The number of barbiturate groups is 1. The van der Waals surface area contributed by atoms with Crippen LogP contribution in [0.25, 0.3) is 6.08 Å². The molecule has 9 heteroatoms. The number of imide groups is 2. The van der Waals surface area contributed by atoms with Gasteiger partial charge in [0.05, 0.1) is 33.1 Å². The lowest BCUT2D eigenvalue weighted by Gasteiger charge is -2.25. The van der Waals surface area contributed by atoms with Gasteiger partial charge in [0.25, 0.3) is 11.8 Å². The van der Waals surface area contributed by atoms with Crippen LogP contribution in [0.3, 0.4) is 0 Å². The fraction of sp³-hybridized carbons (Fsp3) is 0.222. The van der Waals surface area contributed by atoms with Gasteiger partial charge in [0.2, 0.25) is 0 Å². The number of hydrogen-bond acceptors (Lipinski definition) is 7. The smallest absolute Gasteiger partial charge is 0.331 e. The number of ether oxygens (including phenoxy) is 3. The maximum atomic E-state index is 12.9. The van der Waals surface area contributed by atoms with E-state index in [1.165, 1.54) is 19.4 Å². The predicted molar refractivity (Wildman–Crippen MR) is 131 cm³/mol. The van der Waals surface area contributed by atoms with Gasteiger partial charge in [-0.1, -0.05) is 18.2 Å². The summed E-state index contributed by atoms with van der Waals surface area (Å²) in [6.07, 6.45) is 3.51. The van der Waals surface area contributed by atoms with Crippen LogP contribution in [0.2, 0.25) is 0 Å². The highest BCUT2D eigenvalue weighted by atomic mass is 16.5. The first-order chi connectivity index (χ1) is 17.4. The number of hydrogen-bond donors (Lipinski definition) is 1. The first kappa shape index (κ1) is 24.6. The van der Waals surface area contributed by atoms with Crippen LogP contribution in [0, 0.1) is 6.92 Å². The van der Waals surface area contributed by atoms with Crippen molar-refractivity contribution in [2.24, 2.45) is 0 Å². The lowest BCUT2D eigenvalue weighted by Crippen LogP contribution is -2.53. The minimum absolute atomic E-state index is 0.0913. The van der Waals surface area contributed by atoms with E-state index in [2.05, 4.69) is 5.32 Å². The monoisotopic (exact) mass is 490 g/mol. The largest absolute Gasteiger partial charge is 0.493 e. The van der Waals surface area contributed by atoms with Crippen LogP contribution >= 0.6 is 0 Å². The standard InChI is InChI=1S/C27H26N2O7/c1-18-6-3-7-20(14-18)34-12-5-13-36-23-10-9-19(16-24(23)33-2)15-22-25(30)28-27(32)29(26(22)31)17-21-8-4-11-35-21/h3-4,6-11,14-16H,5,12-13,17H2,1-2H3,(H,28,30,32). The molecule has 1 aliphatic rings. The molecule has 1 aliphatic heterocycles. The Morgan fingerprint density at radius 3 is 2.56 bits per heavy atom. The number of carbonyl (C=O) groups is 3. The number of aryl methyl sites for hydroxylation is 1. The maximum absolute atomic E-state index is 12.9. The van der Waals surface area contributed by atoms with Crippen LogP contribution in [0.1, 0.15) is 23.3 Å². The zero-order valence-corrected chi connectivity index (χ0v) is 20.0. The third-order valence-corrected chi connectivity index (χ3v) is 5.38. The van der Waals surface area contributed by atoms with Gasteiger partial charge in [-0.2, -0.15) is 0 Å². The van der Waals surface area contributed by atoms with Gasteiger partial charge in [0, 0.05) is 6.42 Å². The summed E-state index contributed by atoms with van der Waals surface area (Å²) in [5.41, 5.74) is 1.49. The number of urea groups is 1. The molecule has 0 unspecified atom stereocenters. The zero-order chi connectivity index (χ0) is 25.5. The summed E-state index contributed by atoms with van der Waals surface area (Å²) in [5, 5.41) is 2.19. The molecule has 0 saturated carbocycles. The Balaban J connectivity index is 1.39. The van der Waals surface area contributed by atoms with Gasteiger partial charge in [-0.15, -0.1) is 0 Å². The van der Waals surface area contributed by atoms with E-state index in [-0.39, 0.29) is 12.1 Å². The molecule has 0 spiro atoms. The lowest BCUT2D eigenvalue weighted by molar-refractivity contribution is -0.130. The van der Waals surface area contributed by atoms with Crippen LogP contribution in [-0.4, -0.2) is 43.1 Å². The average molecular weight is 491 g/mol. The molecule has 1 N–H and O–H groups in total. The van der Waals surface area contributed by atoms with Crippen molar-refractivity contribution in [1.82, 2.24) is 10.2 Å². The van der Waals surface area contributed by atoms with E-state index in [1.807, 2.05) is 31.2 Å². The second-order valence-corrected chi connectivity index (χ2v) is 8.07. The summed E-state index contributed by atoms with van der Waals surface area (Å²) in [5.74, 6) is 0.706. The summed E-state index contributed by atoms with van der Waals surface area (Å²) in [6, 6.07) is 15.4. The maximum Gasteiger partial charge on any atom is 0.331 e. The van der Waals surface area contributed by atoms with Crippen molar-refractivity contribution in [2.45, 2.75) is 19.9 Å². The van der Waals surface area contributed by atoms with Crippen molar-refractivity contribution in [3.05, 3.63) is 83.3 Å². The minimum Gasteiger partial charge on any atom is -0.493 e. The molecule has 2 aromatic carbocycles. The lowest BCUT2D eigenvalue weighted by atomic mass is 10.1. The zero-order valence-electron chi connectivity index (χ0n) is 20.0. The third-order valence-electron chi connectivity index (χ3n) is 5.38. The van der Waals surface area contributed by atoms with Gasteiger partial charge in [0.1, 0.15) is 17.1 Å². The van der Waals surface area contributed by atoms with E-state index in [1.54, 1.807) is 30.3 Å². The first-order valence-corrected chi connectivity index (χ1v) is 11.4. The summed E-state index contributed by atoms with van der Waals surface area (Å²) in [7, 11) is 1.50. The quantitative estimate of drug-likeness (QED) is 0.259. The Labute approximate surface area is 208 Å². The molecule has 0 bridgehead atoms. The van der Waals surface area contributed by atoms with Crippen molar-refractivity contribution in [3.8, 4) is 17.2 Å². The average Bonchev–Trinajstić information content (AvgIpc) is 3.38. The molecule has 0 radical (unpaired) electrons. The van der Waals surface area contributed by atoms with Gasteiger partial charge in [0.15, 0.2) is 11.5 Å². The van der Waals surface area contributed by atoms with Crippen molar-refractivity contribution in [3.63, 3.8) is 0 Å². The normalized spacial score (nSPS) is 14.7. The van der Waals surface area contributed by atoms with E-state index in [0.717, 1.165) is 16.2 Å².